The Morgan fingerprint density at radius 1 is 1.00 bits per heavy atom. The van der Waals surface area contributed by atoms with Gasteiger partial charge in [-0.05, 0) is 48.3 Å². The van der Waals surface area contributed by atoms with Crippen LogP contribution in [-0.4, -0.2) is 0 Å². The van der Waals surface area contributed by atoms with Gasteiger partial charge in [0, 0.05) is 0 Å². The Bertz CT molecular complexity index is 169. The second kappa shape index (κ2) is 4.68. The highest BCUT2D eigenvalue weighted by Crippen LogP contribution is 2.46. The smallest absolute Gasteiger partial charge is 0.0360 e. The molecule has 0 nitrogen and oxygen atoms in total. The first-order chi connectivity index (χ1) is 6.43. The van der Waals surface area contributed by atoms with Crippen LogP contribution in [-0.2, 0) is 0 Å². The Kier molecular flexibility index (Phi) is 4.04. The minimum Gasteiger partial charge on any atom is -0.0625 e. The van der Waals surface area contributed by atoms with Gasteiger partial charge in [-0.2, -0.15) is 0 Å². The predicted molar refractivity (Wildman–Crippen MR) is 64.2 cm³/mol. The summed E-state index contributed by atoms with van der Waals surface area (Å²) in [6, 6.07) is 0. The van der Waals surface area contributed by atoms with Gasteiger partial charge in [0.15, 0.2) is 0 Å². The van der Waals surface area contributed by atoms with Gasteiger partial charge in [0.05, 0.1) is 0 Å². The van der Waals surface area contributed by atoms with Crippen LogP contribution in [0.4, 0.5) is 0 Å². The fraction of sp³-hybridized carbons (Fsp3) is 1.00. The highest BCUT2D eigenvalue weighted by Gasteiger charge is 2.36. The third-order valence-corrected chi connectivity index (χ3v) is 4.43. The maximum atomic E-state index is 2.45. The normalized spacial score (nSPS) is 30.9. The van der Waals surface area contributed by atoms with E-state index < -0.39 is 0 Å². The maximum Gasteiger partial charge on any atom is -0.0360 e. The van der Waals surface area contributed by atoms with Crippen molar-refractivity contribution in [2.75, 3.05) is 0 Å². The highest BCUT2D eigenvalue weighted by atomic mass is 14.4. The molecule has 0 radical (unpaired) electrons. The summed E-state index contributed by atoms with van der Waals surface area (Å²) in [6.07, 6.45) is 2.98. The van der Waals surface area contributed by atoms with E-state index in [4.69, 9.17) is 0 Å². The van der Waals surface area contributed by atoms with Crippen LogP contribution in [0, 0.1) is 35.5 Å². The molecule has 1 rings (SSSR count). The summed E-state index contributed by atoms with van der Waals surface area (Å²) >= 11 is 0. The van der Waals surface area contributed by atoms with Crippen molar-refractivity contribution in [3.05, 3.63) is 0 Å². The third kappa shape index (κ3) is 3.00. The van der Waals surface area contributed by atoms with Crippen LogP contribution in [0.1, 0.15) is 54.4 Å². The Morgan fingerprint density at radius 3 is 1.79 bits per heavy atom. The van der Waals surface area contributed by atoms with E-state index >= 15 is 0 Å². The van der Waals surface area contributed by atoms with Gasteiger partial charge in [0.2, 0.25) is 0 Å². The van der Waals surface area contributed by atoms with Crippen LogP contribution in [0.5, 0.6) is 0 Å². The third-order valence-electron chi connectivity index (χ3n) is 4.43. The second-order valence-corrected chi connectivity index (χ2v) is 6.22. The monoisotopic (exact) mass is 196 g/mol. The maximum absolute atomic E-state index is 2.45. The molecule has 0 saturated heterocycles. The van der Waals surface area contributed by atoms with E-state index in [0.29, 0.717) is 0 Å². The summed E-state index contributed by atoms with van der Waals surface area (Å²) in [7, 11) is 0. The summed E-state index contributed by atoms with van der Waals surface area (Å²) in [5.74, 6) is 5.63. The van der Waals surface area contributed by atoms with Crippen molar-refractivity contribution in [2.45, 2.75) is 54.4 Å². The van der Waals surface area contributed by atoms with E-state index in [0.717, 1.165) is 35.5 Å². The quantitative estimate of drug-likeness (QED) is 0.603. The van der Waals surface area contributed by atoms with Gasteiger partial charge in [-0.25, -0.2) is 0 Å². The lowest BCUT2D eigenvalue weighted by atomic mass is 9.75. The molecule has 0 N–H and O–H groups in total. The minimum absolute atomic E-state index is 0.844. The van der Waals surface area contributed by atoms with E-state index in [2.05, 4.69) is 41.5 Å². The topological polar surface area (TPSA) is 0 Å². The predicted octanol–water partition coefficient (Wildman–Crippen LogP) is 4.60. The van der Waals surface area contributed by atoms with Gasteiger partial charge in [-0.3, -0.25) is 0 Å². The van der Waals surface area contributed by atoms with Crippen molar-refractivity contribution < 1.29 is 0 Å². The van der Waals surface area contributed by atoms with E-state index in [1.165, 1.54) is 12.8 Å². The molecule has 84 valence electrons. The van der Waals surface area contributed by atoms with Gasteiger partial charge >= 0.3 is 0 Å². The van der Waals surface area contributed by atoms with Gasteiger partial charge in [0.25, 0.3) is 0 Å². The van der Waals surface area contributed by atoms with E-state index in [1.54, 1.807) is 0 Å². The van der Waals surface area contributed by atoms with Crippen LogP contribution in [0.15, 0.2) is 0 Å². The Balaban J connectivity index is 2.46. The van der Waals surface area contributed by atoms with E-state index in [1.807, 2.05) is 0 Å². The average molecular weight is 196 g/mol. The number of hydrogen-bond donors (Lipinski definition) is 0. The average Bonchev–Trinajstić information content (AvgIpc) is 2.76. The lowest BCUT2D eigenvalue weighted by molar-refractivity contribution is 0.191. The van der Waals surface area contributed by atoms with Crippen LogP contribution in [0.25, 0.3) is 0 Å². The first-order valence-electron chi connectivity index (χ1n) is 6.43. The molecule has 4 unspecified atom stereocenters. The molecule has 0 bridgehead atoms. The molecule has 1 fully saturated rings. The first kappa shape index (κ1) is 12.1. The molecular formula is C14H28. The standard InChI is InChI=1S/C14H28/c1-9(2)12(6)14(10(3)4)8-13-7-11(13)5/h9-14H,7-8H2,1-6H3. The van der Waals surface area contributed by atoms with Crippen molar-refractivity contribution in [3.8, 4) is 0 Å². The number of hydrogen-bond acceptors (Lipinski definition) is 0. The molecular weight excluding hydrogens is 168 g/mol. The molecule has 14 heavy (non-hydrogen) atoms. The molecule has 0 aliphatic heterocycles. The van der Waals surface area contributed by atoms with Crippen molar-refractivity contribution in [1.82, 2.24) is 0 Å². The second-order valence-electron chi connectivity index (χ2n) is 6.22. The zero-order chi connectivity index (χ0) is 10.9. The zero-order valence-electron chi connectivity index (χ0n) is 10.9. The molecule has 1 aliphatic carbocycles. The highest BCUT2D eigenvalue weighted by molar-refractivity contribution is 4.86. The van der Waals surface area contributed by atoms with Gasteiger partial charge in [-0.15, -0.1) is 0 Å². The van der Waals surface area contributed by atoms with Crippen molar-refractivity contribution in [2.24, 2.45) is 35.5 Å². The fourth-order valence-electron chi connectivity index (χ4n) is 2.67. The van der Waals surface area contributed by atoms with Gasteiger partial charge in [0.1, 0.15) is 0 Å². The number of rotatable bonds is 5. The summed E-state index contributed by atoms with van der Waals surface area (Å²) in [4.78, 5) is 0. The zero-order valence-corrected chi connectivity index (χ0v) is 10.9. The fourth-order valence-corrected chi connectivity index (χ4v) is 2.67. The summed E-state index contributed by atoms with van der Waals surface area (Å²) in [5.41, 5.74) is 0. The minimum atomic E-state index is 0.844. The van der Waals surface area contributed by atoms with Gasteiger partial charge in [-0.1, -0.05) is 41.5 Å². The van der Waals surface area contributed by atoms with Crippen LogP contribution >= 0.6 is 0 Å². The summed E-state index contributed by atoms with van der Waals surface area (Å²) in [5, 5.41) is 0. The molecule has 0 aromatic rings. The van der Waals surface area contributed by atoms with Crippen molar-refractivity contribution in [1.29, 1.82) is 0 Å². The molecule has 1 saturated carbocycles. The lowest BCUT2D eigenvalue weighted by Gasteiger charge is -2.30. The van der Waals surface area contributed by atoms with E-state index in [-0.39, 0.29) is 0 Å². The van der Waals surface area contributed by atoms with E-state index in [9.17, 15) is 0 Å². The molecule has 0 aromatic carbocycles. The Morgan fingerprint density at radius 2 is 1.50 bits per heavy atom. The van der Waals surface area contributed by atoms with Crippen molar-refractivity contribution >= 4 is 0 Å². The van der Waals surface area contributed by atoms with Gasteiger partial charge < -0.3 is 0 Å². The Labute approximate surface area is 90.5 Å². The molecule has 4 atom stereocenters. The molecule has 0 spiro atoms. The first-order valence-corrected chi connectivity index (χ1v) is 6.43. The van der Waals surface area contributed by atoms with Crippen LogP contribution in [0.3, 0.4) is 0 Å². The largest absolute Gasteiger partial charge is 0.0625 e. The summed E-state index contributed by atoms with van der Waals surface area (Å²) < 4.78 is 0. The molecule has 1 aliphatic rings. The summed E-state index contributed by atoms with van der Waals surface area (Å²) in [6.45, 7) is 14.4. The molecule has 0 heteroatoms. The molecule has 0 heterocycles. The molecule has 0 aromatic heterocycles. The van der Waals surface area contributed by atoms with Crippen molar-refractivity contribution in [3.63, 3.8) is 0 Å². The Hall–Kier alpha value is 0. The van der Waals surface area contributed by atoms with Crippen LogP contribution in [0.2, 0.25) is 0 Å². The SMILES string of the molecule is CC(C)C(C)C(CC1CC1C)C(C)C. The van der Waals surface area contributed by atoms with Crippen LogP contribution < -0.4 is 0 Å². The lowest BCUT2D eigenvalue weighted by Crippen LogP contribution is -2.22. The molecule has 0 amide bonds.